The fraction of sp³-hybridized carbons (Fsp3) is 0.333. The number of carbonyl (C=O) groups is 2. The van der Waals surface area contributed by atoms with Crippen molar-refractivity contribution in [1.82, 2.24) is 20.3 Å². The van der Waals surface area contributed by atoms with E-state index in [-0.39, 0.29) is 17.9 Å². The molecule has 0 radical (unpaired) electrons. The fourth-order valence-corrected chi connectivity index (χ4v) is 2.75. The molecule has 3 rings (SSSR count). The maximum absolute atomic E-state index is 12.6. The molecule has 0 bridgehead atoms. The molecule has 2 atom stereocenters. The van der Waals surface area contributed by atoms with Gasteiger partial charge in [-0.25, -0.2) is 4.68 Å². The highest BCUT2D eigenvalue weighted by Gasteiger charge is 2.39. The number of para-hydroxylation sites is 1. The van der Waals surface area contributed by atoms with E-state index in [4.69, 9.17) is 0 Å². The number of aromatic nitrogens is 3. The van der Waals surface area contributed by atoms with Gasteiger partial charge in [0.25, 0.3) is 5.91 Å². The van der Waals surface area contributed by atoms with E-state index in [0.717, 1.165) is 5.69 Å². The summed E-state index contributed by atoms with van der Waals surface area (Å²) in [6, 6.07) is 8.98. The number of nitrogens with zero attached hydrogens (tertiary/aromatic N) is 4. The van der Waals surface area contributed by atoms with Crippen LogP contribution in [0.15, 0.2) is 36.5 Å². The normalized spacial score (nSPS) is 21.2. The van der Waals surface area contributed by atoms with Crippen LogP contribution in [-0.4, -0.2) is 38.9 Å². The summed E-state index contributed by atoms with van der Waals surface area (Å²) in [7, 11) is 1.64. The summed E-state index contributed by atoms with van der Waals surface area (Å²) < 4.78 is 1.38. The van der Waals surface area contributed by atoms with Crippen LogP contribution in [0.5, 0.6) is 0 Å². The van der Waals surface area contributed by atoms with Crippen LogP contribution in [0.3, 0.4) is 0 Å². The lowest BCUT2D eigenvalue weighted by atomic mass is 10.2. The average Bonchev–Trinajstić information content (AvgIpc) is 3.04. The first-order valence-corrected chi connectivity index (χ1v) is 7.11. The smallest absolute Gasteiger partial charge is 0.271 e. The van der Waals surface area contributed by atoms with Gasteiger partial charge in [0.05, 0.1) is 6.20 Å². The molecule has 114 valence electrons. The summed E-state index contributed by atoms with van der Waals surface area (Å²) in [5, 5.41) is 10.2. The molecule has 0 aliphatic carbocycles. The number of aryl methyl sites for hydroxylation is 1. The van der Waals surface area contributed by atoms with Gasteiger partial charge >= 0.3 is 0 Å². The van der Waals surface area contributed by atoms with E-state index in [9.17, 15) is 9.59 Å². The van der Waals surface area contributed by atoms with Crippen LogP contribution in [0, 0.1) is 0 Å². The summed E-state index contributed by atoms with van der Waals surface area (Å²) in [5.74, 6) is -0.435. The average molecular weight is 299 g/mol. The molecule has 2 heterocycles. The molecule has 1 aliphatic rings. The first kappa shape index (κ1) is 14.2. The Morgan fingerprint density at radius 3 is 2.68 bits per heavy atom. The molecule has 1 aliphatic heterocycles. The third kappa shape index (κ3) is 2.45. The van der Waals surface area contributed by atoms with Crippen molar-refractivity contribution >= 4 is 17.5 Å². The number of benzene rings is 1. The SMILES string of the molecule is C[C@@H]1C[C@H](NC(=O)c2cnnn2C)C(=O)N1c1ccccc1. The van der Waals surface area contributed by atoms with E-state index in [0.29, 0.717) is 12.1 Å². The first-order chi connectivity index (χ1) is 10.6. The van der Waals surface area contributed by atoms with E-state index in [1.165, 1.54) is 10.9 Å². The van der Waals surface area contributed by atoms with E-state index in [1.807, 2.05) is 37.3 Å². The van der Waals surface area contributed by atoms with Gasteiger partial charge in [0.15, 0.2) is 0 Å². The molecule has 0 unspecified atom stereocenters. The molecular formula is C15H17N5O2. The molecule has 1 saturated heterocycles. The third-order valence-corrected chi connectivity index (χ3v) is 3.84. The molecule has 0 saturated carbocycles. The van der Waals surface area contributed by atoms with Crippen molar-refractivity contribution in [2.75, 3.05) is 4.90 Å². The number of hydrogen-bond donors (Lipinski definition) is 1. The fourth-order valence-electron chi connectivity index (χ4n) is 2.75. The molecule has 1 fully saturated rings. The minimum absolute atomic E-state index is 0.0323. The van der Waals surface area contributed by atoms with E-state index < -0.39 is 6.04 Å². The second-order valence-electron chi connectivity index (χ2n) is 5.40. The van der Waals surface area contributed by atoms with Gasteiger partial charge in [0, 0.05) is 18.8 Å². The summed E-state index contributed by atoms with van der Waals surface area (Å²) in [4.78, 5) is 26.5. The lowest BCUT2D eigenvalue weighted by molar-refractivity contribution is -0.118. The lowest BCUT2D eigenvalue weighted by Gasteiger charge is -2.21. The maximum atomic E-state index is 12.6. The van der Waals surface area contributed by atoms with Crippen LogP contribution in [0.2, 0.25) is 0 Å². The topological polar surface area (TPSA) is 80.1 Å². The van der Waals surface area contributed by atoms with Crippen molar-refractivity contribution in [1.29, 1.82) is 0 Å². The van der Waals surface area contributed by atoms with Gasteiger partial charge < -0.3 is 10.2 Å². The predicted molar refractivity (Wildman–Crippen MR) is 80.3 cm³/mol. The lowest BCUT2D eigenvalue weighted by Crippen LogP contribution is -2.42. The Labute approximate surface area is 127 Å². The Bertz CT molecular complexity index is 697. The maximum Gasteiger partial charge on any atom is 0.271 e. The molecule has 1 aromatic heterocycles. The van der Waals surface area contributed by atoms with Gasteiger partial charge in [-0.2, -0.15) is 0 Å². The number of nitrogens with one attached hydrogen (secondary N) is 1. The van der Waals surface area contributed by atoms with Crippen molar-refractivity contribution in [2.24, 2.45) is 7.05 Å². The highest BCUT2D eigenvalue weighted by Crippen LogP contribution is 2.26. The molecule has 0 spiro atoms. The Hall–Kier alpha value is -2.70. The van der Waals surface area contributed by atoms with Gasteiger partial charge in [-0.05, 0) is 25.5 Å². The largest absolute Gasteiger partial charge is 0.339 e. The zero-order chi connectivity index (χ0) is 15.7. The van der Waals surface area contributed by atoms with Crippen molar-refractivity contribution < 1.29 is 9.59 Å². The van der Waals surface area contributed by atoms with Crippen molar-refractivity contribution in [2.45, 2.75) is 25.4 Å². The number of hydrogen-bond acceptors (Lipinski definition) is 4. The summed E-state index contributed by atoms with van der Waals surface area (Å²) in [6.07, 6.45) is 1.96. The number of carbonyl (C=O) groups excluding carboxylic acids is 2. The molecular weight excluding hydrogens is 282 g/mol. The Kier molecular flexibility index (Phi) is 3.62. The monoisotopic (exact) mass is 299 g/mol. The number of amides is 2. The van der Waals surface area contributed by atoms with Crippen LogP contribution in [-0.2, 0) is 11.8 Å². The number of anilines is 1. The zero-order valence-corrected chi connectivity index (χ0v) is 12.4. The minimum atomic E-state index is -0.530. The van der Waals surface area contributed by atoms with Gasteiger partial charge in [-0.3, -0.25) is 9.59 Å². The predicted octanol–water partition coefficient (Wildman–Crippen LogP) is 0.739. The Morgan fingerprint density at radius 2 is 2.05 bits per heavy atom. The van der Waals surface area contributed by atoms with Crippen LogP contribution in [0.25, 0.3) is 0 Å². The molecule has 2 aromatic rings. The van der Waals surface area contributed by atoms with Crippen molar-refractivity contribution in [3.63, 3.8) is 0 Å². The van der Waals surface area contributed by atoms with Crippen molar-refractivity contribution in [3.05, 3.63) is 42.2 Å². The van der Waals surface area contributed by atoms with E-state index >= 15 is 0 Å². The summed E-state index contributed by atoms with van der Waals surface area (Å²) in [6.45, 7) is 1.97. The standard InChI is InChI=1S/C15H17N5O2/c1-10-8-12(17-14(21)13-9-16-18-19(13)2)15(22)20(10)11-6-4-3-5-7-11/h3-7,9-10,12H,8H2,1-2H3,(H,17,21)/t10-,12+/m1/s1. The quantitative estimate of drug-likeness (QED) is 0.906. The second kappa shape index (κ2) is 5.59. The molecule has 2 amide bonds. The molecule has 7 heteroatoms. The van der Waals surface area contributed by atoms with Gasteiger partial charge in [-0.15, -0.1) is 5.10 Å². The first-order valence-electron chi connectivity index (χ1n) is 7.11. The highest BCUT2D eigenvalue weighted by atomic mass is 16.2. The van der Waals surface area contributed by atoms with Crippen LogP contribution >= 0.6 is 0 Å². The second-order valence-corrected chi connectivity index (χ2v) is 5.40. The molecule has 1 aromatic carbocycles. The van der Waals surface area contributed by atoms with E-state index in [1.54, 1.807) is 11.9 Å². The van der Waals surface area contributed by atoms with Crippen LogP contribution < -0.4 is 10.2 Å². The van der Waals surface area contributed by atoms with E-state index in [2.05, 4.69) is 15.6 Å². The zero-order valence-electron chi connectivity index (χ0n) is 12.4. The van der Waals surface area contributed by atoms with Crippen molar-refractivity contribution in [3.8, 4) is 0 Å². The number of rotatable bonds is 3. The van der Waals surface area contributed by atoms with Gasteiger partial charge in [0.1, 0.15) is 11.7 Å². The molecule has 7 nitrogen and oxygen atoms in total. The Morgan fingerprint density at radius 1 is 1.32 bits per heavy atom. The van der Waals surface area contributed by atoms with Gasteiger partial charge in [0.2, 0.25) is 5.91 Å². The minimum Gasteiger partial charge on any atom is -0.339 e. The molecule has 22 heavy (non-hydrogen) atoms. The third-order valence-electron chi connectivity index (χ3n) is 3.84. The Balaban J connectivity index is 1.76. The van der Waals surface area contributed by atoms with Crippen LogP contribution in [0.1, 0.15) is 23.8 Å². The summed E-state index contributed by atoms with van der Waals surface area (Å²) >= 11 is 0. The van der Waals surface area contributed by atoms with Gasteiger partial charge in [-0.1, -0.05) is 23.4 Å². The molecule has 1 N–H and O–H groups in total. The summed E-state index contributed by atoms with van der Waals surface area (Å²) in [5.41, 5.74) is 1.18. The highest BCUT2D eigenvalue weighted by molar-refractivity contribution is 6.03. The van der Waals surface area contributed by atoms with Crippen LogP contribution in [0.4, 0.5) is 5.69 Å².